The second kappa shape index (κ2) is 9.41. The molecule has 1 fully saturated rings. The summed E-state index contributed by atoms with van der Waals surface area (Å²) in [6.45, 7) is 5.28. The van der Waals surface area contributed by atoms with Gasteiger partial charge in [0, 0.05) is 16.3 Å². The number of hydrogen-bond donors (Lipinski definition) is 1. The van der Waals surface area contributed by atoms with Crippen LogP contribution in [0, 0.1) is 5.92 Å². The lowest BCUT2D eigenvalue weighted by Crippen LogP contribution is -2.42. The van der Waals surface area contributed by atoms with Crippen molar-refractivity contribution in [2.75, 3.05) is 25.4 Å². The third kappa shape index (κ3) is 5.59. The fourth-order valence-electron chi connectivity index (χ4n) is 3.16. The summed E-state index contributed by atoms with van der Waals surface area (Å²) >= 11 is 3.38. The van der Waals surface area contributed by atoms with Crippen LogP contribution < -0.4 is 5.32 Å². The van der Waals surface area contributed by atoms with E-state index >= 15 is 0 Å². The first-order chi connectivity index (χ1) is 12.2. The molecule has 1 aromatic carbocycles. The van der Waals surface area contributed by atoms with E-state index in [4.69, 9.17) is 0 Å². The lowest BCUT2D eigenvalue weighted by Gasteiger charge is -2.36. The molecule has 1 unspecified atom stereocenters. The molecule has 1 atom stereocenters. The molecule has 3 rings (SSSR count). The van der Waals surface area contributed by atoms with Crippen LogP contribution in [0.15, 0.2) is 52.7 Å². The van der Waals surface area contributed by atoms with Crippen molar-refractivity contribution in [2.24, 2.45) is 5.92 Å². The van der Waals surface area contributed by atoms with Gasteiger partial charge in [-0.3, -0.25) is 9.69 Å². The van der Waals surface area contributed by atoms with E-state index in [1.165, 1.54) is 17.7 Å². The predicted molar refractivity (Wildman–Crippen MR) is 107 cm³/mol. The van der Waals surface area contributed by atoms with Gasteiger partial charge >= 0.3 is 0 Å². The van der Waals surface area contributed by atoms with Gasteiger partial charge in [0.05, 0.1) is 11.8 Å². The summed E-state index contributed by atoms with van der Waals surface area (Å²) in [7, 11) is 0. The Kier molecular flexibility index (Phi) is 6.96. The molecule has 5 heteroatoms. The Hall–Kier alpha value is -1.30. The molecule has 1 amide bonds. The molecule has 3 nitrogen and oxygen atoms in total. The quantitative estimate of drug-likeness (QED) is 0.728. The topological polar surface area (TPSA) is 32.3 Å². The van der Waals surface area contributed by atoms with Crippen molar-refractivity contribution in [1.82, 2.24) is 10.2 Å². The molecule has 25 heavy (non-hydrogen) atoms. The number of likely N-dealkylation sites (tertiary alicyclic amines) is 1. The average molecular weight is 375 g/mol. The third-order valence-electron chi connectivity index (χ3n) is 4.74. The number of nitrogens with one attached hydrogen (secondary N) is 1. The SMILES string of the molecule is CC1CCN(C(CNC(=O)CSc2ccccc2)c2cccs2)CC1. The molecule has 1 saturated heterocycles. The van der Waals surface area contributed by atoms with Gasteiger partial charge < -0.3 is 5.32 Å². The Bertz CT molecular complexity index is 637. The minimum absolute atomic E-state index is 0.112. The number of benzene rings is 1. The summed E-state index contributed by atoms with van der Waals surface area (Å²) in [6, 6.07) is 14.7. The largest absolute Gasteiger partial charge is 0.353 e. The van der Waals surface area contributed by atoms with Crippen LogP contribution in [0.3, 0.4) is 0 Å². The van der Waals surface area contributed by atoms with Crippen LogP contribution in [-0.2, 0) is 4.79 Å². The zero-order valence-electron chi connectivity index (χ0n) is 14.7. The highest BCUT2D eigenvalue weighted by Crippen LogP contribution is 2.29. The first kappa shape index (κ1) is 18.5. The van der Waals surface area contributed by atoms with Crippen LogP contribution in [-0.4, -0.2) is 36.2 Å². The minimum atomic E-state index is 0.112. The highest BCUT2D eigenvalue weighted by atomic mass is 32.2. The van der Waals surface area contributed by atoms with Gasteiger partial charge in [0.15, 0.2) is 0 Å². The molecule has 0 radical (unpaired) electrons. The number of piperidine rings is 1. The maximum atomic E-state index is 12.3. The van der Waals surface area contributed by atoms with Crippen LogP contribution in [0.5, 0.6) is 0 Å². The summed E-state index contributed by atoms with van der Waals surface area (Å²) < 4.78 is 0. The normalized spacial score (nSPS) is 17.3. The van der Waals surface area contributed by atoms with Crippen molar-refractivity contribution in [1.29, 1.82) is 0 Å². The summed E-state index contributed by atoms with van der Waals surface area (Å²) in [5, 5.41) is 5.28. The number of carbonyl (C=O) groups is 1. The molecule has 1 aliphatic heterocycles. The Morgan fingerprint density at radius 2 is 2.00 bits per heavy atom. The standard InChI is InChI=1S/C20H26N2OS2/c1-16-9-11-22(12-10-16)18(19-8-5-13-24-19)14-21-20(23)15-25-17-6-3-2-4-7-17/h2-8,13,16,18H,9-12,14-15H2,1H3,(H,21,23). The van der Waals surface area contributed by atoms with Gasteiger partial charge in [-0.05, 0) is 55.4 Å². The van der Waals surface area contributed by atoms with E-state index in [1.54, 1.807) is 23.1 Å². The van der Waals surface area contributed by atoms with Gasteiger partial charge in [-0.2, -0.15) is 0 Å². The second-order valence-corrected chi connectivity index (χ2v) is 8.68. The minimum Gasteiger partial charge on any atom is -0.353 e. The maximum absolute atomic E-state index is 12.3. The smallest absolute Gasteiger partial charge is 0.230 e. The summed E-state index contributed by atoms with van der Waals surface area (Å²) in [5.41, 5.74) is 0. The molecule has 0 aliphatic carbocycles. The van der Waals surface area contributed by atoms with Crippen molar-refractivity contribution >= 4 is 29.0 Å². The first-order valence-electron chi connectivity index (χ1n) is 8.94. The summed E-state index contributed by atoms with van der Waals surface area (Å²) in [4.78, 5) is 17.3. The molecule has 1 aromatic heterocycles. The molecule has 0 saturated carbocycles. The van der Waals surface area contributed by atoms with E-state index in [9.17, 15) is 4.79 Å². The number of amides is 1. The number of hydrogen-bond acceptors (Lipinski definition) is 4. The van der Waals surface area contributed by atoms with Crippen LogP contribution in [0.2, 0.25) is 0 Å². The fraction of sp³-hybridized carbons (Fsp3) is 0.450. The van der Waals surface area contributed by atoms with Gasteiger partial charge in [-0.25, -0.2) is 0 Å². The van der Waals surface area contributed by atoms with Gasteiger partial charge in [0.2, 0.25) is 5.91 Å². The molecule has 2 heterocycles. The van der Waals surface area contributed by atoms with E-state index < -0.39 is 0 Å². The van der Waals surface area contributed by atoms with Gasteiger partial charge in [0.1, 0.15) is 0 Å². The highest BCUT2D eigenvalue weighted by molar-refractivity contribution is 8.00. The molecule has 134 valence electrons. The molecule has 1 aliphatic rings. The monoisotopic (exact) mass is 374 g/mol. The van der Waals surface area contributed by atoms with Gasteiger partial charge in [-0.1, -0.05) is 31.2 Å². The molecular weight excluding hydrogens is 348 g/mol. The van der Waals surface area contributed by atoms with Crippen LogP contribution in [0.25, 0.3) is 0 Å². The Labute approximate surface area is 158 Å². The molecular formula is C20H26N2OS2. The van der Waals surface area contributed by atoms with Crippen LogP contribution in [0.1, 0.15) is 30.7 Å². The lowest BCUT2D eigenvalue weighted by atomic mass is 9.97. The van der Waals surface area contributed by atoms with E-state index in [1.807, 2.05) is 30.3 Å². The molecule has 2 aromatic rings. The highest BCUT2D eigenvalue weighted by Gasteiger charge is 2.25. The zero-order valence-corrected chi connectivity index (χ0v) is 16.3. The van der Waals surface area contributed by atoms with E-state index in [0.29, 0.717) is 18.3 Å². The van der Waals surface area contributed by atoms with E-state index in [-0.39, 0.29) is 5.91 Å². The van der Waals surface area contributed by atoms with E-state index in [0.717, 1.165) is 23.9 Å². The Balaban J connectivity index is 1.52. The average Bonchev–Trinajstić information content (AvgIpc) is 3.17. The van der Waals surface area contributed by atoms with Gasteiger partial charge in [-0.15, -0.1) is 23.1 Å². The molecule has 0 bridgehead atoms. The number of carbonyl (C=O) groups excluding carboxylic acids is 1. The van der Waals surface area contributed by atoms with Gasteiger partial charge in [0.25, 0.3) is 0 Å². The second-order valence-electron chi connectivity index (χ2n) is 6.66. The third-order valence-corrected chi connectivity index (χ3v) is 6.72. The fourth-order valence-corrected chi connectivity index (χ4v) is 4.77. The number of rotatable bonds is 7. The number of thiophene rings is 1. The predicted octanol–water partition coefficient (Wildman–Crippen LogP) is 4.43. The van der Waals surface area contributed by atoms with Crippen LogP contribution in [0.4, 0.5) is 0 Å². The molecule has 0 spiro atoms. The maximum Gasteiger partial charge on any atom is 0.230 e. The van der Waals surface area contributed by atoms with E-state index in [2.05, 4.69) is 34.7 Å². The number of nitrogens with zero attached hydrogens (tertiary/aromatic N) is 1. The van der Waals surface area contributed by atoms with Crippen LogP contribution >= 0.6 is 23.1 Å². The Morgan fingerprint density at radius 3 is 2.68 bits per heavy atom. The van der Waals surface area contributed by atoms with Crippen molar-refractivity contribution in [3.8, 4) is 0 Å². The van der Waals surface area contributed by atoms with Crippen molar-refractivity contribution in [3.63, 3.8) is 0 Å². The summed E-state index contributed by atoms with van der Waals surface area (Å²) in [6.07, 6.45) is 2.50. The van der Waals surface area contributed by atoms with Crippen molar-refractivity contribution in [3.05, 3.63) is 52.7 Å². The summed E-state index contributed by atoms with van der Waals surface area (Å²) in [5.74, 6) is 1.40. The van der Waals surface area contributed by atoms with Crippen molar-refractivity contribution in [2.45, 2.75) is 30.7 Å². The zero-order chi connectivity index (χ0) is 17.5. The lowest BCUT2D eigenvalue weighted by molar-refractivity contribution is -0.118. The molecule has 1 N–H and O–H groups in total. The first-order valence-corrected chi connectivity index (χ1v) is 10.8. The van der Waals surface area contributed by atoms with Crippen molar-refractivity contribution < 1.29 is 4.79 Å². The number of thioether (sulfide) groups is 1. The Morgan fingerprint density at radius 1 is 1.24 bits per heavy atom.